The van der Waals surface area contributed by atoms with Gasteiger partial charge in [0, 0.05) is 11.5 Å². The Hall–Kier alpha value is -0.120. The molecule has 3 N–H and O–H groups in total. The second-order valence-corrected chi connectivity index (χ2v) is 12.9. The molecule has 0 aromatic heterocycles. The molecule has 3 heteroatoms. The molecule has 4 aliphatic carbocycles. The molecule has 30 heavy (non-hydrogen) atoms. The van der Waals surface area contributed by atoms with Crippen LogP contribution in [0.3, 0.4) is 0 Å². The van der Waals surface area contributed by atoms with Gasteiger partial charge >= 0.3 is 0 Å². The van der Waals surface area contributed by atoms with Crippen molar-refractivity contribution >= 4 is 0 Å². The summed E-state index contributed by atoms with van der Waals surface area (Å²) in [6.07, 6.45) is 12.0. The van der Waals surface area contributed by atoms with Gasteiger partial charge in [0.15, 0.2) is 0 Å². The van der Waals surface area contributed by atoms with E-state index in [2.05, 4.69) is 33.0 Å². The van der Waals surface area contributed by atoms with Crippen molar-refractivity contribution in [3.63, 3.8) is 0 Å². The number of aliphatic hydroxyl groups is 2. The van der Waals surface area contributed by atoms with Crippen LogP contribution in [0.5, 0.6) is 0 Å². The molecule has 0 aromatic rings. The third-order valence-corrected chi connectivity index (χ3v) is 11.9. The van der Waals surface area contributed by atoms with Gasteiger partial charge in [0.2, 0.25) is 0 Å². The van der Waals surface area contributed by atoms with Gasteiger partial charge in [0.05, 0.1) is 12.2 Å². The van der Waals surface area contributed by atoms with Gasteiger partial charge in [-0.15, -0.1) is 0 Å². The number of aliphatic hydroxyl groups excluding tert-OH is 2. The molecule has 12 unspecified atom stereocenters. The molecule has 0 aromatic carbocycles. The van der Waals surface area contributed by atoms with Crippen molar-refractivity contribution in [1.82, 2.24) is 5.32 Å². The molecular weight excluding hydrogens is 370 g/mol. The molecule has 1 heterocycles. The molecule has 172 valence electrons. The van der Waals surface area contributed by atoms with Gasteiger partial charge in [-0.1, -0.05) is 27.7 Å². The lowest BCUT2D eigenvalue weighted by atomic mass is 9.46. The fraction of sp³-hybridized carbons (Fsp3) is 1.00. The van der Waals surface area contributed by atoms with Gasteiger partial charge in [-0.2, -0.15) is 0 Å². The highest BCUT2D eigenvalue weighted by Gasteiger charge is 2.62. The molecule has 0 bridgehead atoms. The third kappa shape index (κ3) is 3.16. The standard InChI is InChI=1S/C27H47NO2/c1-16-5-10-24(28-15-16)17(2)27(4)23-9-8-22-20(21(23)14-25(27)30)7-6-18-13-19(29)11-12-26(18,22)3/h16-25,28-30H,5-15H2,1-4H3. The van der Waals surface area contributed by atoms with E-state index in [0.717, 1.165) is 55.4 Å². The summed E-state index contributed by atoms with van der Waals surface area (Å²) in [6.45, 7) is 11.0. The Balaban J connectivity index is 1.36. The monoisotopic (exact) mass is 417 g/mol. The molecule has 5 fully saturated rings. The van der Waals surface area contributed by atoms with Crippen LogP contribution in [0.25, 0.3) is 0 Å². The number of nitrogens with one attached hydrogen (secondary N) is 1. The van der Waals surface area contributed by atoms with E-state index in [1.165, 1.54) is 44.9 Å². The molecular formula is C27H47NO2. The fourth-order valence-corrected chi connectivity index (χ4v) is 9.74. The van der Waals surface area contributed by atoms with E-state index in [1.54, 1.807) is 0 Å². The van der Waals surface area contributed by atoms with Crippen molar-refractivity contribution in [3.8, 4) is 0 Å². The molecule has 5 rings (SSSR count). The molecule has 4 saturated carbocycles. The van der Waals surface area contributed by atoms with Gasteiger partial charge < -0.3 is 15.5 Å². The molecule has 12 atom stereocenters. The zero-order valence-corrected chi connectivity index (χ0v) is 19.9. The van der Waals surface area contributed by atoms with E-state index >= 15 is 0 Å². The van der Waals surface area contributed by atoms with Crippen LogP contribution < -0.4 is 5.32 Å². The van der Waals surface area contributed by atoms with E-state index in [4.69, 9.17) is 0 Å². The second kappa shape index (κ2) is 7.73. The highest BCUT2D eigenvalue weighted by Crippen LogP contribution is 2.67. The molecule has 5 aliphatic rings. The first-order chi connectivity index (χ1) is 14.2. The lowest BCUT2D eigenvalue weighted by Gasteiger charge is -2.59. The van der Waals surface area contributed by atoms with Crippen molar-refractivity contribution in [1.29, 1.82) is 0 Å². The maximum Gasteiger partial charge on any atom is 0.0602 e. The van der Waals surface area contributed by atoms with Crippen LogP contribution in [-0.4, -0.2) is 35.0 Å². The first-order valence-electron chi connectivity index (χ1n) is 13.3. The SMILES string of the molecule is CC1CCC(C(C)C2(C)C(O)CC3C4CCC5CC(O)CCC5(C)C4CCC32)NC1. The van der Waals surface area contributed by atoms with E-state index in [-0.39, 0.29) is 17.6 Å². The number of hydrogen-bond donors (Lipinski definition) is 3. The number of rotatable bonds is 2. The van der Waals surface area contributed by atoms with E-state index < -0.39 is 0 Å². The highest BCUT2D eigenvalue weighted by atomic mass is 16.3. The molecule has 1 saturated heterocycles. The molecule has 0 amide bonds. The second-order valence-electron chi connectivity index (χ2n) is 12.9. The van der Waals surface area contributed by atoms with Crippen molar-refractivity contribution in [3.05, 3.63) is 0 Å². The summed E-state index contributed by atoms with van der Waals surface area (Å²) in [4.78, 5) is 0. The summed E-state index contributed by atoms with van der Waals surface area (Å²) in [5, 5.41) is 25.6. The minimum absolute atomic E-state index is 0.0564. The van der Waals surface area contributed by atoms with Crippen molar-refractivity contribution in [2.75, 3.05) is 6.54 Å². The summed E-state index contributed by atoms with van der Waals surface area (Å²) in [5.41, 5.74) is 0.498. The van der Waals surface area contributed by atoms with Gasteiger partial charge in [-0.25, -0.2) is 0 Å². The van der Waals surface area contributed by atoms with E-state index in [9.17, 15) is 10.2 Å². The average Bonchev–Trinajstić information content (AvgIpc) is 3.00. The Morgan fingerprint density at radius 2 is 1.63 bits per heavy atom. The maximum absolute atomic E-state index is 11.5. The van der Waals surface area contributed by atoms with Crippen LogP contribution in [0.15, 0.2) is 0 Å². The third-order valence-electron chi connectivity index (χ3n) is 11.9. The van der Waals surface area contributed by atoms with Gasteiger partial charge in [-0.05, 0) is 118 Å². The van der Waals surface area contributed by atoms with Crippen LogP contribution in [0.4, 0.5) is 0 Å². The van der Waals surface area contributed by atoms with Crippen molar-refractivity contribution < 1.29 is 10.2 Å². The largest absolute Gasteiger partial charge is 0.393 e. The lowest BCUT2D eigenvalue weighted by Crippen LogP contribution is -2.55. The Labute approximate surface area is 184 Å². The van der Waals surface area contributed by atoms with Gasteiger partial charge in [0.25, 0.3) is 0 Å². The normalized spacial score (nSPS) is 57.2. The summed E-state index contributed by atoms with van der Waals surface area (Å²) in [6, 6.07) is 0.574. The predicted molar refractivity (Wildman–Crippen MR) is 122 cm³/mol. The Bertz CT molecular complexity index is 630. The van der Waals surface area contributed by atoms with Crippen LogP contribution in [0, 0.1) is 52.3 Å². The van der Waals surface area contributed by atoms with Crippen LogP contribution in [-0.2, 0) is 0 Å². The van der Waals surface area contributed by atoms with Crippen molar-refractivity contribution in [2.24, 2.45) is 52.3 Å². The van der Waals surface area contributed by atoms with Gasteiger partial charge in [0.1, 0.15) is 0 Å². The van der Waals surface area contributed by atoms with Crippen LogP contribution >= 0.6 is 0 Å². The van der Waals surface area contributed by atoms with E-state index in [1.807, 2.05) is 0 Å². The molecule has 3 nitrogen and oxygen atoms in total. The Kier molecular flexibility index (Phi) is 5.60. The maximum atomic E-state index is 11.5. The topological polar surface area (TPSA) is 52.5 Å². The Morgan fingerprint density at radius 1 is 0.867 bits per heavy atom. The molecule has 0 spiro atoms. The summed E-state index contributed by atoms with van der Waals surface area (Å²) in [5.74, 6) is 5.11. The average molecular weight is 418 g/mol. The minimum atomic E-state index is -0.138. The minimum Gasteiger partial charge on any atom is -0.393 e. The van der Waals surface area contributed by atoms with Crippen molar-refractivity contribution in [2.45, 2.75) is 110 Å². The van der Waals surface area contributed by atoms with E-state index in [0.29, 0.717) is 23.3 Å². The van der Waals surface area contributed by atoms with Gasteiger partial charge in [-0.3, -0.25) is 0 Å². The highest BCUT2D eigenvalue weighted by molar-refractivity contribution is 5.12. The smallest absolute Gasteiger partial charge is 0.0602 e. The number of fused-ring (bicyclic) bond motifs is 5. The quantitative estimate of drug-likeness (QED) is 0.592. The fourth-order valence-electron chi connectivity index (χ4n) is 9.74. The first-order valence-corrected chi connectivity index (χ1v) is 13.3. The molecule has 0 radical (unpaired) electrons. The lowest BCUT2D eigenvalue weighted by molar-refractivity contribution is -0.118. The van der Waals surface area contributed by atoms with Crippen LogP contribution in [0.2, 0.25) is 0 Å². The summed E-state index contributed by atoms with van der Waals surface area (Å²) >= 11 is 0. The molecule has 1 aliphatic heterocycles. The number of hydrogen-bond acceptors (Lipinski definition) is 3. The zero-order chi connectivity index (χ0) is 21.3. The zero-order valence-electron chi connectivity index (χ0n) is 19.9. The Morgan fingerprint density at radius 3 is 2.37 bits per heavy atom. The number of piperidine rings is 1. The first kappa shape index (κ1) is 21.7. The summed E-state index contributed by atoms with van der Waals surface area (Å²) < 4.78 is 0. The predicted octanol–water partition coefficient (Wildman–Crippen LogP) is 5.00. The summed E-state index contributed by atoms with van der Waals surface area (Å²) in [7, 11) is 0. The van der Waals surface area contributed by atoms with Crippen LogP contribution in [0.1, 0.15) is 91.9 Å².